The molecule has 1 aromatic rings. The molecule has 0 aliphatic rings. The highest BCUT2D eigenvalue weighted by Crippen LogP contribution is 2.08. The quantitative estimate of drug-likeness (QED) is 0.698. The van der Waals surface area contributed by atoms with Crippen LogP contribution in [0.25, 0.3) is 6.08 Å². The zero-order valence-electron chi connectivity index (χ0n) is 8.73. The van der Waals surface area contributed by atoms with E-state index in [-0.39, 0.29) is 5.78 Å². The first-order valence-corrected chi connectivity index (χ1v) is 4.94. The van der Waals surface area contributed by atoms with Crippen molar-refractivity contribution in [2.24, 2.45) is 0 Å². The standard InChI is InChI=1S/C13H13NO/c1-2-13(15)12-8-6-11(7-9-12)5-3-4-10-14/h3,5-9H,2,4H2,1H3. The summed E-state index contributed by atoms with van der Waals surface area (Å²) >= 11 is 0. The van der Waals surface area contributed by atoms with E-state index in [4.69, 9.17) is 5.26 Å². The minimum Gasteiger partial charge on any atom is -0.294 e. The number of nitrogens with zero attached hydrogens (tertiary/aromatic N) is 1. The van der Waals surface area contributed by atoms with Crippen LogP contribution >= 0.6 is 0 Å². The highest BCUT2D eigenvalue weighted by molar-refractivity contribution is 5.95. The Morgan fingerprint density at radius 1 is 1.40 bits per heavy atom. The number of ketones is 1. The number of nitriles is 1. The van der Waals surface area contributed by atoms with Gasteiger partial charge in [0.2, 0.25) is 0 Å². The van der Waals surface area contributed by atoms with Crippen molar-refractivity contribution in [3.8, 4) is 6.07 Å². The van der Waals surface area contributed by atoms with Gasteiger partial charge in [-0.1, -0.05) is 43.3 Å². The fourth-order valence-corrected chi connectivity index (χ4v) is 1.23. The molecule has 0 atom stereocenters. The van der Waals surface area contributed by atoms with Gasteiger partial charge in [-0.3, -0.25) is 4.79 Å². The number of rotatable bonds is 4. The molecule has 0 saturated carbocycles. The van der Waals surface area contributed by atoms with Gasteiger partial charge in [-0.25, -0.2) is 0 Å². The van der Waals surface area contributed by atoms with E-state index in [0.717, 1.165) is 11.1 Å². The molecule has 0 amide bonds. The van der Waals surface area contributed by atoms with E-state index in [1.54, 1.807) is 6.08 Å². The Bertz CT molecular complexity index is 396. The molecular formula is C13H13NO. The Morgan fingerprint density at radius 3 is 2.60 bits per heavy atom. The molecule has 1 rings (SSSR count). The first-order valence-electron chi connectivity index (χ1n) is 4.94. The zero-order chi connectivity index (χ0) is 11.1. The molecule has 0 fully saturated rings. The monoisotopic (exact) mass is 199 g/mol. The highest BCUT2D eigenvalue weighted by Gasteiger charge is 2.00. The second kappa shape index (κ2) is 5.77. The molecule has 2 nitrogen and oxygen atoms in total. The third-order valence-corrected chi connectivity index (χ3v) is 2.07. The number of allylic oxidation sites excluding steroid dienone is 1. The van der Waals surface area contributed by atoms with Gasteiger partial charge in [0.1, 0.15) is 0 Å². The highest BCUT2D eigenvalue weighted by atomic mass is 16.1. The van der Waals surface area contributed by atoms with Gasteiger partial charge in [-0.05, 0) is 5.56 Å². The molecule has 0 radical (unpaired) electrons. The molecule has 0 aromatic heterocycles. The van der Waals surface area contributed by atoms with Gasteiger partial charge in [-0.2, -0.15) is 5.26 Å². The second-order valence-corrected chi connectivity index (χ2v) is 3.16. The molecule has 0 unspecified atom stereocenters. The lowest BCUT2D eigenvalue weighted by atomic mass is 10.1. The Morgan fingerprint density at radius 2 is 2.07 bits per heavy atom. The third kappa shape index (κ3) is 3.40. The van der Waals surface area contributed by atoms with Gasteiger partial charge >= 0.3 is 0 Å². The zero-order valence-corrected chi connectivity index (χ0v) is 8.73. The van der Waals surface area contributed by atoms with E-state index in [0.29, 0.717) is 12.8 Å². The molecule has 0 N–H and O–H groups in total. The number of benzene rings is 1. The molecule has 1 aromatic carbocycles. The predicted molar refractivity (Wildman–Crippen MR) is 60.3 cm³/mol. The van der Waals surface area contributed by atoms with Crippen molar-refractivity contribution in [2.75, 3.05) is 0 Å². The van der Waals surface area contributed by atoms with Crippen LogP contribution in [0.3, 0.4) is 0 Å². The van der Waals surface area contributed by atoms with Crippen LogP contribution in [0.4, 0.5) is 0 Å². The van der Waals surface area contributed by atoms with Crippen LogP contribution < -0.4 is 0 Å². The predicted octanol–water partition coefficient (Wildman–Crippen LogP) is 3.21. The minimum absolute atomic E-state index is 0.155. The normalized spacial score (nSPS) is 10.1. The summed E-state index contributed by atoms with van der Waals surface area (Å²) in [5, 5.41) is 8.35. The van der Waals surface area contributed by atoms with Crippen LogP contribution in [-0.2, 0) is 0 Å². The van der Waals surface area contributed by atoms with E-state index in [9.17, 15) is 4.79 Å². The SMILES string of the molecule is CCC(=O)c1ccc(C=CCC#N)cc1. The van der Waals surface area contributed by atoms with Crippen molar-refractivity contribution in [1.29, 1.82) is 5.26 Å². The van der Waals surface area contributed by atoms with E-state index < -0.39 is 0 Å². The van der Waals surface area contributed by atoms with Gasteiger partial charge < -0.3 is 0 Å². The van der Waals surface area contributed by atoms with Crippen LogP contribution in [0.5, 0.6) is 0 Å². The summed E-state index contributed by atoms with van der Waals surface area (Å²) in [6.45, 7) is 1.85. The lowest BCUT2D eigenvalue weighted by molar-refractivity contribution is 0.0988. The maximum atomic E-state index is 11.3. The van der Waals surface area contributed by atoms with Crippen molar-refractivity contribution in [1.82, 2.24) is 0 Å². The third-order valence-electron chi connectivity index (χ3n) is 2.07. The van der Waals surface area contributed by atoms with Crippen molar-refractivity contribution in [3.05, 3.63) is 41.5 Å². The fraction of sp³-hybridized carbons (Fsp3) is 0.231. The first-order chi connectivity index (χ1) is 7.27. The van der Waals surface area contributed by atoms with Gasteiger partial charge in [0, 0.05) is 12.0 Å². The summed E-state index contributed by atoms with van der Waals surface area (Å²) in [6, 6.07) is 9.44. The fourth-order valence-electron chi connectivity index (χ4n) is 1.23. The maximum absolute atomic E-state index is 11.3. The van der Waals surface area contributed by atoms with Crippen molar-refractivity contribution in [3.63, 3.8) is 0 Å². The molecular weight excluding hydrogens is 186 g/mol. The summed E-state index contributed by atoms with van der Waals surface area (Å²) in [4.78, 5) is 11.3. The number of hydrogen-bond donors (Lipinski definition) is 0. The van der Waals surface area contributed by atoms with E-state index in [2.05, 4.69) is 0 Å². The molecule has 0 aliphatic carbocycles. The van der Waals surface area contributed by atoms with Gasteiger partial charge in [0.15, 0.2) is 5.78 Å². The summed E-state index contributed by atoms with van der Waals surface area (Å²) in [6.07, 6.45) is 4.62. The lowest BCUT2D eigenvalue weighted by Crippen LogP contribution is -1.95. The Balaban J connectivity index is 2.73. The topological polar surface area (TPSA) is 40.9 Å². The number of Topliss-reactive ketones (excluding diaryl/α,β-unsaturated/α-hetero) is 1. The van der Waals surface area contributed by atoms with E-state index in [1.807, 2.05) is 43.3 Å². The largest absolute Gasteiger partial charge is 0.294 e. The van der Waals surface area contributed by atoms with Crippen LogP contribution in [0, 0.1) is 11.3 Å². The van der Waals surface area contributed by atoms with E-state index in [1.165, 1.54) is 0 Å². The van der Waals surface area contributed by atoms with Gasteiger partial charge in [0.05, 0.1) is 12.5 Å². The van der Waals surface area contributed by atoms with Crippen LogP contribution in [-0.4, -0.2) is 5.78 Å². The number of hydrogen-bond acceptors (Lipinski definition) is 2. The summed E-state index contributed by atoms with van der Waals surface area (Å²) in [5.74, 6) is 0.155. The Kier molecular flexibility index (Phi) is 4.30. The molecule has 0 saturated heterocycles. The molecule has 0 spiro atoms. The molecule has 0 heterocycles. The van der Waals surface area contributed by atoms with Crippen molar-refractivity contribution in [2.45, 2.75) is 19.8 Å². The average molecular weight is 199 g/mol. The molecule has 2 heteroatoms. The first kappa shape index (κ1) is 11.2. The Hall–Kier alpha value is -1.88. The minimum atomic E-state index is 0.155. The summed E-state index contributed by atoms with van der Waals surface area (Å²) in [5.41, 5.74) is 1.76. The average Bonchev–Trinajstić information content (AvgIpc) is 2.29. The maximum Gasteiger partial charge on any atom is 0.162 e. The number of carbonyl (C=O) groups is 1. The van der Waals surface area contributed by atoms with E-state index >= 15 is 0 Å². The van der Waals surface area contributed by atoms with Crippen molar-refractivity contribution < 1.29 is 4.79 Å². The van der Waals surface area contributed by atoms with Crippen LogP contribution in [0.2, 0.25) is 0 Å². The van der Waals surface area contributed by atoms with Crippen LogP contribution in [0.15, 0.2) is 30.3 Å². The summed E-state index contributed by atoms with van der Waals surface area (Å²) < 4.78 is 0. The summed E-state index contributed by atoms with van der Waals surface area (Å²) in [7, 11) is 0. The molecule has 15 heavy (non-hydrogen) atoms. The number of carbonyl (C=O) groups excluding carboxylic acids is 1. The molecule has 0 aliphatic heterocycles. The molecule has 0 bridgehead atoms. The Labute approximate surface area is 89.9 Å². The van der Waals surface area contributed by atoms with Crippen molar-refractivity contribution >= 4 is 11.9 Å². The van der Waals surface area contributed by atoms with Gasteiger partial charge in [-0.15, -0.1) is 0 Å². The smallest absolute Gasteiger partial charge is 0.162 e. The van der Waals surface area contributed by atoms with Gasteiger partial charge in [0.25, 0.3) is 0 Å². The molecule has 76 valence electrons. The lowest BCUT2D eigenvalue weighted by Gasteiger charge is -1.98. The second-order valence-electron chi connectivity index (χ2n) is 3.16. The van der Waals surface area contributed by atoms with Crippen LogP contribution in [0.1, 0.15) is 35.7 Å².